The zero-order valence-corrected chi connectivity index (χ0v) is 7.05. The number of hydrogen-bond donors (Lipinski definition) is 1. The number of fused-ring (bicyclic) bond motifs is 1. The van der Waals surface area contributed by atoms with E-state index in [0.29, 0.717) is 5.92 Å². The molecule has 11 heavy (non-hydrogen) atoms. The molecule has 1 aliphatic heterocycles. The van der Waals surface area contributed by atoms with Crippen molar-refractivity contribution in [3.63, 3.8) is 0 Å². The maximum absolute atomic E-state index is 10.2. The van der Waals surface area contributed by atoms with Crippen LogP contribution in [0.25, 0.3) is 0 Å². The molecule has 2 rings (SSSR count). The molecule has 1 heterocycles. The van der Waals surface area contributed by atoms with Gasteiger partial charge in [0.2, 0.25) is 0 Å². The number of aliphatic hydroxyl groups is 1. The van der Waals surface area contributed by atoms with E-state index in [9.17, 15) is 5.11 Å². The van der Waals surface area contributed by atoms with Gasteiger partial charge in [-0.2, -0.15) is 0 Å². The minimum Gasteiger partial charge on any atom is -0.387 e. The summed E-state index contributed by atoms with van der Waals surface area (Å²) in [5, 5.41) is 10.2. The summed E-state index contributed by atoms with van der Waals surface area (Å²) in [6, 6.07) is 0. The van der Waals surface area contributed by atoms with Gasteiger partial charge in [0, 0.05) is 6.61 Å². The van der Waals surface area contributed by atoms with Crippen LogP contribution in [0.15, 0.2) is 0 Å². The lowest BCUT2D eigenvalue weighted by Crippen LogP contribution is -2.46. The van der Waals surface area contributed by atoms with Crippen molar-refractivity contribution in [2.24, 2.45) is 5.92 Å². The molecule has 1 aliphatic carbocycles. The van der Waals surface area contributed by atoms with E-state index in [1.807, 2.05) is 0 Å². The van der Waals surface area contributed by atoms with Crippen molar-refractivity contribution >= 4 is 0 Å². The zero-order valence-electron chi connectivity index (χ0n) is 7.05. The summed E-state index contributed by atoms with van der Waals surface area (Å²) in [7, 11) is 0. The first-order chi connectivity index (χ1) is 5.23. The monoisotopic (exact) mass is 156 g/mol. The maximum atomic E-state index is 10.2. The van der Waals surface area contributed by atoms with E-state index in [2.05, 4.69) is 6.92 Å². The second kappa shape index (κ2) is 2.46. The van der Waals surface area contributed by atoms with Gasteiger partial charge in [-0.15, -0.1) is 0 Å². The average molecular weight is 156 g/mol. The quantitative estimate of drug-likeness (QED) is 0.573. The van der Waals surface area contributed by atoms with Gasteiger partial charge < -0.3 is 9.84 Å². The van der Waals surface area contributed by atoms with Crippen LogP contribution in [0.2, 0.25) is 0 Å². The molecular formula is C9H16O2. The van der Waals surface area contributed by atoms with Gasteiger partial charge in [-0.25, -0.2) is 0 Å². The second-order valence-corrected chi connectivity index (χ2v) is 3.93. The van der Waals surface area contributed by atoms with Crippen LogP contribution in [0.4, 0.5) is 0 Å². The molecule has 0 bridgehead atoms. The average Bonchev–Trinajstić information content (AvgIpc) is 2.29. The molecule has 0 aromatic rings. The fourth-order valence-electron chi connectivity index (χ4n) is 2.43. The summed E-state index contributed by atoms with van der Waals surface area (Å²) in [6.07, 6.45) is 4.29. The molecule has 3 atom stereocenters. The van der Waals surface area contributed by atoms with Crippen molar-refractivity contribution in [1.29, 1.82) is 0 Å². The van der Waals surface area contributed by atoms with Crippen molar-refractivity contribution in [3.05, 3.63) is 0 Å². The molecule has 1 saturated heterocycles. The number of hydrogen-bond acceptors (Lipinski definition) is 2. The van der Waals surface area contributed by atoms with E-state index in [1.165, 1.54) is 0 Å². The van der Waals surface area contributed by atoms with Gasteiger partial charge in [0.1, 0.15) is 0 Å². The zero-order chi connectivity index (χ0) is 7.90. The lowest BCUT2D eigenvalue weighted by atomic mass is 9.85. The summed E-state index contributed by atoms with van der Waals surface area (Å²) in [5.74, 6) is 0.438. The molecule has 1 N–H and O–H groups in total. The van der Waals surface area contributed by atoms with E-state index in [1.54, 1.807) is 0 Å². The number of ether oxygens (including phenoxy) is 1. The van der Waals surface area contributed by atoms with Crippen LogP contribution in [0.1, 0.15) is 32.6 Å². The molecule has 2 fully saturated rings. The Kier molecular flexibility index (Phi) is 1.69. The first-order valence-corrected chi connectivity index (χ1v) is 4.57. The Hall–Kier alpha value is -0.0800. The molecule has 1 saturated carbocycles. The Morgan fingerprint density at radius 2 is 2.27 bits per heavy atom. The van der Waals surface area contributed by atoms with E-state index < -0.39 is 5.60 Å². The van der Waals surface area contributed by atoms with Crippen molar-refractivity contribution < 1.29 is 9.84 Å². The van der Waals surface area contributed by atoms with Gasteiger partial charge >= 0.3 is 0 Å². The predicted molar refractivity (Wildman–Crippen MR) is 42.3 cm³/mol. The van der Waals surface area contributed by atoms with Crippen LogP contribution in [0, 0.1) is 5.92 Å². The molecule has 0 spiro atoms. The van der Waals surface area contributed by atoms with E-state index >= 15 is 0 Å². The van der Waals surface area contributed by atoms with Gasteiger partial charge in [0.25, 0.3) is 0 Å². The van der Waals surface area contributed by atoms with Crippen LogP contribution >= 0.6 is 0 Å². The smallest absolute Gasteiger partial charge is 0.0934 e. The van der Waals surface area contributed by atoms with Crippen LogP contribution in [0.3, 0.4) is 0 Å². The van der Waals surface area contributed by atoms with Crippen molar-refractivity contribution in [2.45, 2.75) is 44.3 Å². The molecule has 2 heteroatoms. The Morgan fingerprint density at radius 3 is 3.00 bits per heavy atom. The molecule has 0 aromatic carbocycles. The topological polar surface area (TPSA) is 29.5 Å². The molecule has 2 nitrogen and oxygen atoms in total. The van der Waals surface area contributed by atoms with Gasteiger partial charge in [0.05, 0.1) is 11.7 Å². The SMILES string of the molecule is C[C@@H]1CC[C@@H]2OCCC[C@]12O. The maximum Gasteiger partial charge on any atom is 0.0934 e. The van der Waals surface area contributed by atoms with Crippen molar-refractivity contribution in [3.8, 4) is 0 Å². The fourth-order valence-corrected chi connectivity index (χ4v) is 2.43. The largest absolute Gasteiger partial charge is 0.387 e. The summed E-state index contributed by atoms with van der Waals surface area (Å²) < 4.78 is 5.53. The fraction of sp³-hybridized carbons (Fsp3) is 1.00. The minimum atomic E-state index is -0.474. The van der Waals surface area contributed by atoms with Gasteiger partial charge in [-0.1, -0.05) is 6.92 Å². The van der Waals surface area contributed by atoms with E-state index in [4.69, 9.17) is 4.74 Å². The normalized spacial score (nSPS) is 50.7. The molecule has 0 unspecified atom stereocenters. The molecule has 0 radical (unpaired) electrons. The van der Waals surface area contributed by atoms with Crippen molar-refractivity contribution in [2.75, 3.05) is 6.61 Å². The van der Waals surface area contributed by atoms with Crippen LogP contribution in [-0.2, 0) is 4.74 Å². The predicted octanol–water partition coefficient (Wildman–Crippen LogP) is 1.33. The Bertz CT molecular complexity index is 156. The molecule has 2 aliphatic rings. The van der Waals surface area contributed by atoms with Gasteiger partial charge in [0.15, 0.2) is 0 Å². The minimum absolute atomic E-state index is 0.145. The van der Waals surface area contributed by atoms with E-state index in [0.717, 1.165) is 32.3 Å². The second-order valence-electron chi connectivity index (χ2n) is 3.93. The van der Waals surface area contributed by atoms with Crippen LogP contribution in [-0.4, -0.2) is 23.4 Å². The summed E-state index contributed by atoms with van der Waals surface area (Å²) >= 11 is 0. The van der Waals surface area contributed by atoms with E-state index in [-0.39, 0.29) is 6.10 Å². The summed E-state index contributed by atoms with van der Waals surface area (Å²) in [4.78, 5) is 0. The van der Waals surface area contributed by atoms with Crippen molar-refractivity contribution in [1.82, 2.24) is 0 Å². The number of rotatable bonds is 0. The van der Waals surface area contributed by atoms with Crippen LogP contribution in [0.5, 0.6) is 0 Å². The third-order valence-electron chi connectivity index (χ3n) is 3.31. The Morgan fingerprint density at radius 1 is 1.45 bits per heavy atom. The highest BCUT2D eigenvalue weighted by Gasteiger charge is 2.48. The van der Waals surface area contributed by atoms with Crippen LogP contribution < -0.4 is 0 Å². The Labute approximate surface area is 67.6 Å². The molecule has 0 aromatic heterocycles. The highest BCUT2D eigenvalue weighted by Crippen LogP contribution is 2.42. The third-order valence-corrected chi connectivity index (χ3v) is 3.31. The molecular weight excluding hydrogens is 140 g/mol. The summed E-state index contributed by atoms with van der Waals surface area (Å²) in [6.45, 7) is 2.98. The molecule has 64 valence electrons. The van der Waals surface area contributed by atoms with Gasteiger partial charge in [-0.3, -0.25) is 0 Å². The lowest BCUT2D eigenvalue weighted by Gasteiger charge is -2.37. The summed E-state index contributed by atoms with van der Waals surface area (Å²) in [5.41, 5.74) is -0.474. The molecule has 0 amide bonds. The Balaban J connectivity index is 2.16. The third kappa shape index (κ3) is 1.00. The standard InChI is InChI=1S/C9H16O2/c1-7-3-4-8-9(7,10)5-2-6-11-8/h7-8,10H,2-6H2,1H3/t7-,8+,9+/m1/s1. The highest BCUT2D eigenvalue weighted by atomic mass is 16.5. The van der Waals surface area contributed by atoms with Gasteiger partial charge in [-0.05, 0) is 31.6 Å². The first-order valence-electron chi connectivity index (χ1n) is 4.57. The first kappa shape index (κ1) is 7.56. The highest BCUT2D eigenvalue weighted by molar-refractivity contribution is 4.99. The lowest BCUT2D eigenvalue weighted by molar-refractivity contribution is -0.142.